The molecule has 2 aromatic carbocycles. The van der Waals surface area contributed by atoms with E-state index in [9.17, 15) is 9.90 Å². The zero-order valence-corrected chi connectivity index (χ0v) is 18.9. The van der Waals surface area contributed by atoms with E-state index < -0.39 is 6.04 Å². The van der Waals surface area contributed by atoms with E-state index in [2.05, 4.69) is 17.8 Å². The van der Waals surface area contributed by atoms with Crippen LogP contribution in [0.4, 0.5) is 0 Å². The molecule has 8 heteroatoms. The van der Waals surface area contributed by atoms with Crippen LogP contribution in [-0.4, -0.2) is 49.8 Å². The second-order valence-electron chi connectivity index (χ2n) is 8.17. The molecule has 0 spiro atoms. The van der Waals surface area contributed by atoms with Crippen LogP contribution >= 0.6 is 0 Å². The number of ether oxygens (including phenoxy) is 3. The van der Waals surface area contributed by atoms with E-state index in [0.717, 1.165) is 24.0 Å². The Bertz CT molecular complexity index is 957. The number of rotatable bonds is 8. The van der Waals surface area contributed by atoms with Gasteiger partial charge in [0.1, 0.15) is 11.8 Å². The zero-order chi connectivity index (χ0) is 22.8. The normalized spacial score (nSPS) is 24.5. The van der Waals surface area contributed by atoms with Gasteiger partial charge < -0.3 is 24.2 Å². The molecule has 2 aliphatic rings. The summed E-state index contributed by atoms with van der Waals surface area (Å²) in [6.07, 6.45) is 1.89. The number of aromatic hydroxyl groups is 1. The van der Waals surface area contributed by atoms with Gasteiger partial charge >= 0.3 is 0 Å². The number of carbonyl (C=O) groups is 1. The number of carbonyl (C=O) groups excluding carboxylic acids is 1. The van der Waals surface area contributed by atoms with Crippen molar-refractivity contribution in [2.45, 2.75) is 37.9 Å². The fourth-order valence-electron chi connectivity index (χ4n) is 4.97. The molecule has 8 nitrogen and oxygen atoms in total. The third-order valence-electron chi connectivity index (χ3n) is 6.47. The van der Waals surface area contributed by atoms with Crippen molar-refractivity contribution in [1.29, 1.82) is 0 Å². The van der Waals surface area contributed by atoms with E-state index in [-0.39, 0.29) is 29.7 Å². The number of amides is 1. The van der Waals surface area contributed by atoms with Gasteiger partial charge in [-0.05, 0) is 30.2 Å². The molecule has 32 heavy (non-hydrogen) atoms. The van der Waals surface area contributed by atoms with Crippen molar-refractivity contribution in [3.05, 3.63) is 47.5 Å². The van der Waals surface area contributed by atoms with Crippen LogP contribution in [0.15, 0.2) is 36.4 Å². The molecule has 0 bridgehead atoms. The van der Waals surface area contributed by atoms with E-state index in [0.29, 0.717) is 23.8 Å². The van der Waals surface area contributed by atoms with Crippen molar-refractivity contribution in [2.75, 3.05) is 27.9 Å². The number of nitrogens with zero attached hydrogens (tertiary/aromatic N) is 1. The molecule has 2 saturated heterocycles. The van der Waals surface area contributed by atoms with Gasteiger partial charge in [0.05, 0.1) is 33.4 Å². The first-order chi connectivity index (χ1) is 15.5. The number of fused-ring (bicyclic) bond motifs is 1. The molecule has 4 unspecified atom stereocenters. The van der Waals surface area contributed by atoms with E-state index in [1.807, 2.05) is 29.2 Å². The highest BCUT2D eigenvalue weighted by atomic mass is 16.5. The minimum absolute atomic E-state index is 0.0487. The van der Waals surface area contributed by atoms with Gasteiger partial charge in [0.2, 0.25) is 11.7 Å². The lowest BCUT2D eigenvalue weighted by Crippen LogP contribution is -2.41. The lowest BCUT2D eigenvalue weighted by atomic mass is 9.83. The largest absolute Gasteiger partial charge is 0.508 e. The number of hydrogen-bond acceptors (Lipinski definition) is 7. The summed E-state index contributed by atoms with van der Waals surface area (Å²) < 4.78 is 16.7. The Morgan fingerprint density at radius 2 is 1.66 bits per heavy atom. The van der Waals surface area contributed by atoms with Gasteiger partial charge in [-0.3, -0.25) is 4.79 Å². The van der Waals surface area contributed by atoms with Crippen LogP contribution < -0.4 is 25.1 Å². The molecule has 0 aromatic heterocycles. The Hall–Kier alpha value is -2.97. The number of hydrazine groups is 1. The Morgan fingerprint density at radius 3 is 2.25 bits per heavy atom. The van der Waals surface area contributed by atoms with Gasteiger partial charge in [0.15, 0.2) is 11.5 Å². The summed E-state index contributed by atoms with van der Waals surface area (Å²) in [6.45, 7) is 2.76. The number of likely N-dealkylation sites (tertiary alicyclic amines) is 1. The molecular weight excluding hydrogens is 410 g/mol. The highest BCUT2D eigenvalue weighted by molar-refractivity contribution is 5.86. The number of hydrogen-bond donors (Lipinski definition) is 3. The second kappa shape index (κ2) is 9.26. The first-order valence-electron chi connectivity index (χ1n) is 10.9. The first-order valence-corrected chi connectivity index (χ1v) is 10.9. The maximum atomic E-state index is 13.4. The summed E-state index contributed by atoms with van der Waals surface area (Å²) in [7, 11) is 4.74. The number of unbranched alkanes of at least 4 members (excludes halogenated alkanes) is 1. The molecule has 2 aromatic rings. The average Bonchev–Trinajstić information content (AvgIpc) is 3.35. The van der Waals surface area contributed by atoms with E-state index >= 15 is 0 Å². The number of phenols is 1. The molecule has 2 fully saturated rings. The fourth-order valence-corrected chi connectivity index (χ4v) is 4.97. The van der Waals surface area contributed by atoms with E-state index in [4.69, 9.17) is 14.2 Å². The zero-order valence-electron chi connectivity index (χ0n) is 18.9. The number of nitrogens with one attached hydrogen (secondary N) is 2. The topological polar surface area (TPSA) is 92.3 Å². The molecule has 172 valence electrons. The van der Waals surface area contributed by atoms with E-state index in [1.165, 1.54) is 0 Å². The number of benzene rings is 2. The highest BCUT2D eigenvalue weighted by Crippen LogP contribution is 2.51. The molecule has 4 rings (SSSR count). The predicted molar refractivity (Wildman–Crippen MR) is 120 cm³/mol. The third-order valence-corrected chi connectivity index (χ3v) is 6.47. The smallest absolute Gasteiger partial charge is 0.242 e. The van der Waals surface area contributed by atoms with Gasteiger partial charge in [-0.2, -0.15) is 0 Å². The SMILES string of the molecule is CCCCN1C(=O)C2NNC(c3ccccc3O)C2C1c1cc(OC)c(OC)c(OC)c1. The fraction of sp³-hybridized carbons (Fsp3) is 0.458. The number of para-hydroxylation sites is 1. The summed E-state index contributed by atoms with van der Waals surface area (Å²) >= 11 is 0. The summed E-state index contributed by atoms with van der Waals surface area (Å²) in [6, 6.07) is 10.2. The summed E-state index contributed by atoms with van der Waals surface area (Å²) in [5.41, 5.74) is 8.11. The van der Waals surface area contributed by atoms with Crippen LogP contribution in [0, 0.1) is 5.92 Å². The molecule has 4 atom stereocenters. The summed E-state index contributed by atoms with van der Waals surface area (Å²) in [5.74, 6) is 1.72. The maximum Gasteiger partial charge on any atom is 0.242 e. The van der Waals surface area contributed by atoms with Crippen LogP contribution in [0.2, 0.25) is 0 Å². The quantitative estimate of drug-likeness (QED) is 0.580. The number of phenolic OH excluding ortho intramolecular Hbond substituents is 1. The molecule has 0 aliphatic carbocycles. The van der Waals surface area contributed by atoms with Crippen molar-refractivity contribution in [3.63, 3.8) is 0 Å². The van der Waals surface area contributed by atoms with Crippen LogP contribution in [0.3, 0.4) is 0 Å². The van der Waals surface area contributed by atoms with Crippen LogP contribution in [0.5, 0.6) is 23.0 Å². The molecular formula is C24H31N3O5. The van der Waals surface area contributed by atoms with Gasteiger partial charge in [-0.15, -0.1) is 0 Å². The van der Waals surface area contributed by atoms with Crippen LogP contribution in [0.1, 0.15) is 43.0 Å². The number of methoxy groups -OCH3 is 3. The molecule has 0 radical (unpaired) electrons. The standard InChI is InChI=1S/C24H31N3O5/c1-5-6-11-27-22(14-12-17(30-2)23(32-4)18(13-14)31-3)19-20(25-26-21(19)24(27)29)15-9-7-8-10-16(15)28/h7-10,12-13,19-22,25-26,28H,5-6,11H2,1-4H3. The van der Waals surface area contributed by atoms with Crippen molar-refractivity contribution < 1.29 is 24.1 Å². The van der Waals surface area contributed by atoms with Gasteiger partial charge in [-0.25, -0.2) is 10.9 Å². The predicted octanol–water partition coefficient (Wildman–Crippen LogP) is 2.94. The van der Waals surface area contributed by atoms with Crippen molar-refractivity contribution in [3.8, 4) is 23.0 Å². The molecule has 2 heterocycles. The first kappa shape index (κ1) is 22.2. The second-order valence-corrected chi connectivity index (χ2v) is 8.17. The Kier molecular flexibility index (Phi) is 6.43. The Labute approximate surface area is 188 Å². The Balaban J connectivity index is 1.84. The van der Waals surface area contributed by atoms with Gasteiger partial charge in [-0.1, -0.05) is 31.5 Å². The van der Waals surface area contributed by atoms with Crippen LogP contribution in [-0.2, 0) is 4.79 Å². The Morgan fingerprint density at radius 1 is 1.00 bits per heavy atom. The lowest BCUT2D eigenvalue weighted by Gasteiger charge is -2.32. The lowest BCUT2D eigenvalue weighted by molar-refractivity contribution is -0.130. The summed E-state index contributed by atoms with van der Waals surface area (Å²) in [4.78, 5) is 15.4. The molecule has 0 saturated carbocycles. The van der Waals surface area contributed by atoms with Gasteiger partial charge in [0, 0.05) is 18.0 Å². The monoisotopic (exact) mass is 441 g/mol. The average molecular weight is 442 g/mol. The highest BCUT2D eigenvalue weighted by Gasteiger charge is 2.55. The molecule has 1 amide bonds. The maximum absolute atomic E-state index is 13.4. The third kappa shape index (κ3) is 3.63. The van der Waals surface area contributed by atoms with Crippen molar-refractivity contribution in [2.24, 2.45) is 5.92 Å². The van der Waals surface area contributed by atoms with Crippen molar-refractivity contribution >= 4 is 5.91 Å². The van der Waals surface area contributed by atoms with Crippen molar-refractivity contribution in [1.82, 2.24) is 15.8 Å². The molecule has 2 aliphatic heterocycles. The minimum Gasteiger partial charge on any atom is -0.508 e. The minimum atomic E-state index is -0.402. The van der Waals surface area contributed by atoms with Gasteiger partial charge in [0.25, 0.3) is 0 Å². The van der Waals surface area contributed by atoms with Crippen LogP contribution in [0.25, 0.3) is 0 Å². The summed E-state index contributed by atoms with van der Waals surface area (Å²) in [5, 5.41) is 10.5. The molecule has 3 N–H and O–H groups in total. The van der Waals surface area contributed by atoms with E-state index in [1.54, 1.807) is 33.5 Å².